The van der Waals surface area contributed by atoms with Crippen LogP contribution in [0.1, 0.15) is 17.4 Å². The minimum atomic E-state index is -0.532. The summed E-state index contributed by atoms with van der Waals surface area (Å²) >= 11 is 0. The number of nitrogens with zero attached hydrogens (tertiary/aromatic N) is 3. The number of aromatic nitrogens is 2. The van der Waals surface area contributed by atoms with Gasteiger partial charge in [0.15, 0.2) is 5.69 Å². The van der Waals surface area contributed by atoms with Gasteiger partial charge in [-0.15, -0.1) is 10.2 Å². The normalized spacial score (nSPS) is 10.7. The summed E-state index contributed by atoms with van der Waals surface area (Å²) in [4.78, 5) is 18.3. The first-order valence-electron chi connectivity index (χ1n) is 6.53. The highest BCUT2D eigenvalue weighted by Gasteiger charge is 2.15. The molecule has 0 fully saturated rings. The quantitative estimate of drug-likeness (QED) is 0.653. The molecule has 1 heterocycles. The molecule has 0 amide bonds. The largest absolute Gasteiger partial charge is 0.497 e. The van der Waals surface area contributed by atoms with Gasteiger partial charge in [-0.3, -0.25) is 0 Å². The molecule has 0 unspecified atom stereocenters. The van der Waals surface area contributed by atoms with Crippen molar-refractivity contribution < 1.29 is 19.0 Å². The molecule has 116 valence electrons. The predicted molar refractivity (Wildman–Crippen MR) is 78.3 cm³/mol. The lowest BCUT2D eigenvalue weighted by Crippen LogP contribution is -2.04. The van der Waals surface area contributed by atoms with Gasteiger partial charge in [-0.2, -0.15) is 0 Å². The Morgan fingerprint density at radius 3 is 2.77 bits per heavy atom. The fourth-order valence-electron chi connectivity index (χ4n) is 1.69. The van der Waals surface area contributed by atoms with Gasteiger partial charge in [0.05, 0.1) is 27.2 Å². The third kappa shape index (κ3) is 3.40. The number of methoxy groups -OCH3 is 2. The average molecular weight is 304 g/mol. The van der Waals surface area contributed by atoms with E-state index < -0.39 is 5.97 Å². The van der Waals surface area contributed by atoms with Gasteiger partial charge in [0.25, 0.3) is 0 Å². The van der Waals surface area contributed by atoms with E-state index in [2.05, 4.69) is 20.2 Å². The number of carbonyl (C=O) groups excluding carboxylic acids is 1. The second kappa shape index (κ2) is 7.21. The SMILES string of the molecule is CCOC(=O)c1[nH]cnc1N=Nc1ccc(OC)cc1OC. The second-order valence-electron chi connectivity index (χ2n) is 4.06. The minimum Gasteiger partial charge on any atom is -0.497 e. The summed E-state index contributed by atoms with van der Waals surface area (Å²) < 4.78 is 15.2. The summed E-state index contributed by atoms with van der Waals surface area (Å²) in [5.74, 6) is 0.756. The molecule has 0 aliphatic carbocycles. The number of rotatable bonds is 6. The predicted octanol–water partition coefficient (Wildman–Crippen LogP) is 3.02. The van der Waals surface area contributed by atoms with Crippen LogP contribution in [0.3, 0.4) is 0 Å². The van der Waals surface area contributed by atoms with Crippen LogP contribution >= 0.6 is 0 Å². The van der Waals surface area contributed by atoms with Crippen LogP contribution in [-0.2, 0) is 4.74 Å². The van der Waals surface area contributed by atoms with Crippen molar-refractivity contribution in [2.45, 2.75) is 6.92 Å². The summed E-state index contributed by atoms with van der Waals surface area (Å²) in [6, 6.07) is 5.11. The van der Waals surface area contributed by atoms with E-state index in [-0.39, 0.29) is 18.1 Å². The monoisotopic (exact) mass is 304 g/mol. The Morgan fingerprint density at radius 1 is 1.27 bits per heavy atom. The van der Waals surface area contributed by atoms with Crippen LogP contribution in [0.4, 0.5) is 11.5 Å². The number of benzene rings is 1. The van der Waals surface area contributed by atoms with Gasteiger partial charge in [0.1, 0.15) is 17.2 Å². The molecular formula is C14H16N4O4. The van der Waals surface area contributed by atoms with Gasteiger partial charge in [0, 0.05) is 6.07 Å². The molecule has 22 heavy (non-hydrogen) atoms. The van der Waals surface area contributed by atoms with Crippen LogP contribution in [-0.4, -0.2) is 36.8 Å². The molecule has 0 aliphatic heterocycles. The molecule has 2 rings (SSSR count). The van der Waals surface area contributed by atoms with Crippen molar-refractivity contribution in [3.63, 3.8) is 0 Å². The third-order valence-corrected chi connectivity index (χ3v) is 2.74. The summed E-state index contributed by atoms with van der Waals surface area (Å²) in [6.07, 6.45) is 1.35. The minimum absolute atomic E-state index is 0.149. The van der Waals surface area contributed by atoms with Crippen LogP contribution in [0.2, 0.25) is 0 Å². The number of aromatic amines is 1. The van der Waals surface area contributed by atoms with Crippen molar-refractivity contribution in [1.82, 2.24) is 9.97 Å². The lowest BCUT2D eigenvalue weighted by Gasteiger charge is -2.05. The molecule has 8 nitrogen and oxygen atoms in total. The Labute approximate surface area is 127 Å². The first kappa shape index (κ1) is 15.5. The molecule has 8 heteroatoms. The number of esters is 1. The number of carbonyl (C=O) groups is 1. The molecule has 0 saturated heterocycles. The van der Waals surface area contributed by atoms with Crippen molar-refractivity contribution in [2.24, 2.45) is 10.2 Å². The van der Waals surface area contributed by atoms with E-state index in [1.54, 1.807) is 32.2 Å². The van der Waals surface area contributed by atoms with Crippen molar-refractivity contribution in [1.29, 1.82) is 0 Å². The molecular weight excluding hydrogens is 288 g/mol. The number of ether oxygens (including phenoxy) is 3. The number of azo groups is 1. The van der Waals surface area contributed by atoms with E-state index in [1.165, 1.54) is 13.4 Å². The summed E-state index contributed by atoms with van der Waals surface area (Å²) in [7, 11) is 3.08. The number of hydrogen-bond donors (Lipinski definition) is 1. The zero-order chi connectivity index (χ0) is 15.9. The molecule has 0 atom stereocenters. The zero-order valence-electron chi connectivity index (χ0n) is 12.5. The maximum atomic E-state index is 11.7. The first-order chi connectivity index (χ1) is 10.7. The molecule has 2 aromatic rings. The second-order valence-corrected chi connectivity index (χ2v) is 4.06. The van der Waals surface area contributed by atoms with Crippen LogP contribution in [0, 0.1) is 0 Å². The summed E-state index contributed by atoms with van der Waals surface area (Å²) in [5, 5.41) is 8.02. The molecule has 0 spiro atoms. The average Bonchev–Trinajstić information content (AvgIpc) is 3.01. The summed E-state index contributed by atoms with van der Waals surface area (Å²) in [6.45, 7) is 1.98. The first-order valence-corrected chi connectivity index (χ1v) is 6.53. The number of hydrogen-bond acceptors (Lipinski definition) is 7. The van der Waals surface area contributed by atoms with Gasteiger partial charge in [-0.25, -0.2) is 9.78 Å². The van der Waals surface area contributed by atoms with Gasteiger partial charge >= 0.3 is 5.97 Å². The highest BCUT2D eigenvalue weighted by atomic mass is 16.5. The topological polar surface area (TPSA) is 98.2 Å². The van der Waals surface area contributed by atoms with Crippen LogP contribution < -0.4 is 9.47 Å². The van der Waals surface area contributed by atoms with E-state index in [0.717, 1.165) is 0 Å². The molecule has 0 saturated carbocycles. The van der Waals surface area contributed by atoms with Crippen molar-refractivity contribution in [2.75, 3.05) is 20.8 Å². The number of H-pyrrole nitrogens is 1. The molecule has 0 aliphatic rings. The van der Waals surface area contributed by atoms with Crippen molar-refractivity contribution in [3.05, 3.63) is 30.2 Å². The molecule has 1 aromatic carbocycles. The van der Waals surface area contributed by atoms with Crippen LogP contribution in [0.25, 0.3) is 0 Å². The van der Waals surface area contributed by atoms with Gasteiger partial charge < -0.3 is 19.2 Å². The van der Waals surface area contributed by atoms with E-state index in [4.69, 9.17) is 14.2 Å². The number of nitrogens with one attached hydrogen (secondary N) is 1. The lowest BCUT2D eigenvalue weighted by atomic mass is 10.3. The molecule has 1 N–H and O–H groups in total. The zero-order valence-corrected chi connectivity index (χ0v) is 12.5. The standard InChI is InChI=1S/C14H16N4O4/c1-4-22-14(19)12-13(16-8-15-12)18-17-10-6-5-9(20-2)7-11(10)21-3/h5-8H,4H2,1-3H3,(H,15,16). The maximum Gasteiger partial charge on any atom is 0.358 e. The van der Waals surface area contributed by atoms with E-state index >= 15 is 0 Å². The maximum absolute atomic E-state index is 11.7. The van der Waals surface area contributed by atoms with Gasteiger partial charge in [-0.05, 0) is 19.1 Å². The van der Waals surface area contributed by atoms with Crippen LogP contribution in [0.15, 0.2) is 34.8 Å². The lowest BCUT2D eigenvalue weighted by molar-refractivity contribution is 0.0521. The van der Waals surface area contributed by atoms with Crippen molar-refractivity contribution in [3.8, 4) is 11.5 Å². The Kier molecular flexibility index (Phi) is 5.07. The molecule has 0 radical (unpaired) electrons. The Morgan fingerprint density at radius 2 is 2.09 bits per heavy atom. The van der Waals surface area contributed by atoms with E-state index in [0.29, 0.717) is 17.2 Å². The Bertz CT molecular complexity index is 681. The fraction of sp³-hybridized carbons (Fsp3) is 0.286. The van der Waals surface area contributed by atoms with Crippen LogP contribution in [0.5, 0.6) is 11.5 Å². The smallest absolute Gasteiger partial charge is 0.358 e. The fourth-order valence-corrected chi connectivity index (χ4v) is 1.69. The number of imidazole rings is 1. The molecule has 1 aromatic heterocycles. The van der Waals surface area contributed by atoms with Gasteiger partial charge in [0.2, 0.25) is 5.82 Å². The highest BCUT2D eigenvalue weighted by molar-refractivity contribution is 5.91. The highest BCUT2D eigenvalue weighted by Crippen LogP contribution is 2.32. The Hall–Kier alpha value is -2.90. The van der Waals surface area contributed by atoms with E-state index in [9.17, 15) is 4.79 Å². The van der Waals surface area contributed by atoms with Crippen molar-refractivity contribution >= 4 is 17.5 Å². The Balaban J connectivity index is 2.26. The van der Waals surface area contributed by atoms with Gasteiger partial charge in [-0.1, -0.05) is 0 Å². The molecule has 0 bridgehead atoms. The third-order valence-electron chi connectivity index (χ3n) is 2.74. The summed E-state index contributed by atoms with van der Waals surface area (Å²) in [5.41, 5.74) is 0.638. The van der Waals surface area contributed by atoms with E-state index in [1.807, 2.05) is 0 Å².